The Hall–Kier alpha value is -2.35. The highest BCUT2D eigenvalue weighted by Gasteiger charge is 2.63. The number of ether oxygens (including phenoxy) is 2. The van der Waals surface area contributed by atoms with Crippen LogP contribution in [0.1, 0.15) is 6.42 Å². The van der Waals surface area contributed by atoms with Crippen LogP contribution < -0.4 is 15.1 Å². The van der Waals surface area contributed by atoms with Crippen molar-refractivity contribution in [3.63, 3.8) is 0 Å². The summed E-state index contributed by atoms with van der Waals surface area (Å²) in [7, 11) is 0. The summed E-state index contributed by atoms with van der Waals surface area (Å²) in [5.41, 5.74) is 0.302. The molecule has 2 heterocycles. The first-order valence-corrected chi connectivity index (χ1v) is 7.95. The topological polar surface area (TPSA) is 71.1 Å². The van der Waals surface area contributed by atoms with E-state index in [2.05, 4.69) is 5.32 Å². The SMILES string of the molecule is O=CN[C@@H]1C[C@]12CN(c1ccc(N3CCOCC3)c(F)c1)C(=O)O2. The van der Waals surface area contributed by atoms with Crippen LogP contribution in [-0.2, 0) is 14.3 Å². The largest absolute Gasteiger partial charge is 0.438 e. The molecule has 0 aromatic heterocycles. The Kier molecular flexibility index (Phi) is 3.56. The molecule has 8 heteroatoms. The molecule has 2 amide bonds. The summed E-state index contributed by atoms with van der Waals surface area (Å²) in [5, 5.41) is 2.63. The predicted molar refractivity (Wildman–Crippen MR) is 83.6 cm³/mol. The maximum Gasteiger partial charge on any atom is 0.415 e. The van der Waals surface area contributed by atoms with Crippen LogP contribution >= 0.6 is 0 Å². The van der Waals surface area contributed by atoms with Crippen LogP contribution in [0.3, 0.4) is 0 Å². The predicted octanol–water partition coefficient (Wildman–Crippen LogP) is 0.876. The highest BCUT2D eigenvalue weighted by Crippen LogP contribution is 2.46. The quantitative estimate of drug-likeness (QED) is 0.827. The van der Waals surface area contributed by atoms with Gasteiger partial charge in [-0.3, -0.25) is 9.69 Å². The zero-order chi connectivity index (χ0) is 16.7. The second kappa shape index (κ2) is 5.62. The molecular weight excluding hydrogens is 317 g/mol. The number of anilines is 2. The van der Waals surface area contributed by atoms with Gasteiger partial charge in [-0.15, -0.1) is 0 Å². The minimum Gasteiger partial charge on any atom is -0.438 e. The van der Waals surface area contributed by atoms with Crippen molar-refractivity contribution in [2.45, 2.75) is 18.1 Å². The zero-order valence-corrected chi connectivity index (χ0v) is 13.0. The molecular formula is C16H18FN3O4. The summed E-state index contributed by atoms with van der Waals surface area (Å²) in [6.45, 7) is 2.75. The number of halogens is 1. The maximum absolute atomic E-state index is 14.5. The number of hydrogen-bond donors (Lipinski definition) is 1. The van der Waals surface area contributed by atoms with E-state index in [-0.39, 0.29) is 11.9 Å². The minimum atomic E-state index is -0.669. The Morgan fingerprint density at radius 1 is 1.33 bits per heavy atom. The molecule has 1 aromatic rings. The van der Waals surface area contributed by atoms with Gasteiger partial charge in [0.25, 0.3) is 0 Å². The normalized spacial score (nSPS) is 28.9. The molecule has 2 atom stereocenters. The molecule has 1 N–H and O–H groups in total. The highest BCUT2D eigenvalue weighted by atomic mass is 19.1. The van der Waals surface area contributed by atoms with Gasteiger partial charge < -0.3 is 19.7 Å². The number of rotatable bonds is 4. The molecule has 0 unspecified atom stereocenters. The first-order valence-electron chi connectivity index (χ1n) is 7.95. The van der Waals surface area contributed by atoms with Crippen LogP contribution in [0.4, 0.5) is 20.6 Å². The summed E-state index contributed by atoms with van der Waals surface area (Å²) in [5.74, 6) is -0.374. The third kappa shape index (κ3) is 2.47. The lowest BCUT2D eigenvalue weighted by Crippen LogP contribution is -2.36. The van der Waals surface area contributed by atoms with E-state index in [4.69, 9.17) is 9.47 Å². The van der Waals surface area contributed by atoms with Crippen LogP contribution in [0, 0.1) is 5.82 Å². The Labute approximate surface area is 138 Å². The van der Waals surface area contributed by atoms with Crippen molar-refractivity contribution < 1.29 is 23.5 Å². The van der Waals surface area contributed by atoms with Crippen LogP contribution in [0.2, 0.25) is 0 Å². The Bertz CT molecular complexity index is 679. The number of nitrogens with one attached hydrogen (secondary N) is 1. The summed E-state index contributed by atoms with van der Waals surface area (Å²) in [6.07, 6.45) is 0.679. The van der Waals surface area contributed by atoms with Crippen molar-refractivity contribution in [1.82, 2.24) is 5.32 Å². The Balaban J connectivity index is 1.51. The van der Waals surface area contributed by atoms with E-state index in [1.807, 2.05) is 4.90 Å². The molecule has 128 valence electrons. The van der Waals surface area contributed by atoms with E-state index < -0.39 is 11.7 Å². The summed E-state index contributed by atoms with van der Waals surface area (Å²) in [6, 6.07) is 4.60. The summed E-state index contributed by atoms with van der Waals surface area (Å²) >= 11 is 0. The van der Waals surface area contributed by atoms with E-state index in [0.29, 0.717) is 57.1 Å². The van der Waals surface area contributed by atoms with Crippen LogP contribution in [0.25, 0.3) is 0 Å². The second-order valence-electron chi connectivity index (χ2n) is 6.30. The molecule has 0 radical (unpaired) electrons. The van der Waals surface area contributed by atoms with Gasteiger partial charge in [0.2, 0.25) is 6.41 Å². The number of carbonyl (C=O) groups is 2. The van der Waals surface area contributed by atoms with Crippen molar-refractivity contribution >= 4 is 23.9 Å². The van der Waals surface area contributed by atoms with Crippen molar-refractivity contribution in [2.24, 2.45) is 0 Å². The number of amides is 2. The average molecular weight is 335 g/mol. The van der Waals surface area contributed by atoms with Gasteiger partial charge in [-0.1, -0.05) is 0 Å². The number of morpholine rings is 1. The minimum absolute atomic E-state index is 0.165. The molecule has 1 saturated carbocycles. The number of carbonyl (C=O) groups excluding carboxylic acids is 2. The van der Waals surface area contributed by atoms with E-state index >= 15 is 0 Å². The lowest BCUT2D eigenvalue weighted by molar-refractivity contribution is -0.109. The van der Waals surface area contributed by atoms with Gasteiger partial charge in [-0.2, -0.15) is 0 Å². The monoisotopic (exact) mass is 335 g/mol. The first kappa shape index (κ1) is 15.2. The van der Waals surface area contributed by atoms with Crippen LogP contribution in [0.15, 0.2) is 18.2 Å². The van der Waals surface area contributed by atoms with E-state index in [1.165, 1.54) is 11.0 Å². The van der Waals surface area contributed by atoms with E-state index in [0.717, 1.165) is 0 Å². The van der Waals surface area contributed by atoms with Gasteiger partial charge in [0, 0.05) is 19.5 Å². The van der Waals surface area contributed by atoms with E-state index in [9.17, 15) is 14.0 Å². The molecule has 3 aliphatic rings. The number of hydrogen-bond acceptors (Lipinski definition) is 5. The van der Waals surface area contributed by atoms with Crippen molar-refractivity contribution in [3.8, 4) is 0 Å². The molecule has 3 fully saturated rings. The van der Waals surface area contributed by atoms with E-state index in [1.54, 1.807) is 12.1 Å². The van der Waals surface area contributed by atoms with Gasteiger partial charge in [-0.25, -0.2) is 9.18 Å². The van der Waals surface area contributed by atoms with Gasteiger partial charge in [-0.05, 0) is 18.2 Å². The molecule has 24 heavy (non-hydrogen) atoms. The van der Waals surface area contributed by atoms with Gasteiger partial charge in [0.15, 0.2) is 5.60 Å². The Morgan fingerprint density at radius 3 is 2.83 bits per heavy atom. The fourth-order valence-electron chi connectivity index (χ4n) is 3.38. The van der Waals surface area contributed by atoms with Gasteiger partial charge >= 0.3 is 6.09 Å². The highest BCUT2D eigenvalue weighted by molar-refractivity contribution is 5.91. The third-order valence-electron chi connectivity index (χ3n) is 4.83. The maximum atomic E-state index is 14.5. The lowest BCUT2D eigenvalue weighted by Gasteiger charge is -2.29. The first-order chi connectivity index (χ1) is 11.6. The molecule has 4 rings (SSSR count). The fraction of sp³-hybridized carbons (Fsp3) is 0.500. The van der Waals surface area contributed by atoms with Crippen molar-refractivity contribution in [3.05, 3.63) is 24.0 Å². The van der Waals surface area contributed by atoms with Gasteiger partial charge in [0.05, 0.1) is 37.2 Å². The van der Waals surface area contributed by atoms with Crippen LogP contribution in [0.5, 0.6) is 0 Å². The molecule has 7 nitrogen and oxygen atoms in total. The van der Waals surface area contributed by atoms with Gasteiger partial charge in [0.1, 0.15) is 5.82 Å². The second-order valence-corrected chi connectivity index (χ2v) is 6.30. The molecule has 2 aliphatic heterocycles. The molecule has 0 bridgehead atoms. The summed E-state index contributed by atoms with van der Waals surface area (Å²) < 4.78 is 25.2. The molecule has 1 aromatic carbocycles. The smallest absolute Gasteiger partial charge is 0.415 e. The molecule has 2 saturated heterocycles. The van der Waals surface area contributed by atoms with Crippen LogP contribution in [-0.4, -0.2) is 57.0 Å². The average Bonchev–Trinajstić information content (AvgIpc) is 3.12. The zero-order valence-electron chi connectivity index (χ0n) is 13.0. The third-order valence-corrected chi connectivity index (χ3v) is 4.83. The summed E-state index contributed by atoms with van der Waals surface area (Å²) in [4.78, 5) is 26.0. The lowest BCUT2D eigenvalue weighted by atomic mass is 10.2. The molecule has 1 spiro atoms. The van der Waals surface area contributed by atoms with Crippen molar-refractivity contribution in [2.75, 3.05) is 42.6 Å². The standard InChI is InChI=1S/C16H18FN3O4/c17-12-7-11(1-2-13(12)19-3-5-23-6-4-19)20-9-16(24-15(20)22)8-14(16)18-10-21/h1-2,7,10,14H,3-6,8-9H2,(H,18,21)/t14-,16+/m1/s1. The van der Waals surface area contributed by atoms with Crippen molar-refractivity contribution in [1.29, 1.82) is 0 Å². The fourth-order valence-corrected chi connectivity index (χ4v) is 3.38. The Morgan fingerprint density at radius 2 is 2.12 bits per heavy atom. The number of benzene rings is 1. The number of nitrogens with zero attached hydrogens (tertiary/aromatic N) is 2. The molecule has 1 aliphatic carbocycles.